The van der Waals surface area contributed by atoms with Gasteiger partial charge in [0.1, 0.15) is 5.01 Å². The molecule has 17 heavy (non-hydrogen) atoms. The molecule has 2 rings (SSSR count). The lowest BCUT2D eigenvalue weighted by Crippen LogP contribution is -2.47. The average molecular weight is 319 g/mol. The largest absolute Gasteiger partial charge is 0.375 e. The molecule has 0 aliphatic carbocycles. The van der Waals surface area contributed by atoms with Gasteiger partial charge < -0.3 is 4.74 Å². The van der Waals surface area contributed by atoms with Gasteiger partial charge in [0.15, 0.2) is 0 Å². The van der Waals surface area contributed by atoms with E-state index in [0.717, 1.165) is 30.0 Å². The standard InChI is InChI=1S/C12H19BrN2OS/c1-12(2,3)9-7-15(4-5-16-9)8-11-14-6-10(13)17-11/h6,9H,4-5,7-8H2,1-3H3/t9-/m1/s1. The van der Waals surface area contributed by atoms with Crippen molar-refractivity contribution in [1.82, 2.24) is 9.88 Å². The Hall–Kier alpha value is 0.0300. The molecule has 0 N–H and O–H groups in total. The van der Waals surface area contributed by atoms with Crippen molar-refractivity contribution in [2.45, 2.75) is 33.4 Å². The number of ether oxygens (including phenoxy) is 1. The Morgan fingerprint density at radius 3 is 2.94 bits per heavy atom. The predicted octanol–water partition coefficient (Wildman–Crippen LogP) is 3.15. The fourth-order valence-electron chi connectivity index (χ4n) is 1.92. The molecule has 1 fully saturated rings. The smallest absolute Gasteiger partial charge is 0.108 e. The number of halogens is 1. The molecule has 3 nitrogen and oxygen atoms in total. The maximum Gasteiger partial charge on any atom is 0.108 e. The van der Waals surface area contributed by atoms with Gasteiger partial charge in [-0.05, 0) is 21.3 Å². The number of hydrogen-bond donors (Lipinski definition) is 0. The molecule has 1 aliphatic rings. The number of nitrogens with zero attached hydrogens (tertiary/aromatic N) is 2. The average Bonchev–Trinajstić information content (AvgIpc) is 2.63. The van der Waals surface area contributed by atoms with E-state index in [2.05, 4.69) is 46.6 Å². The maximum absolute atomic E-state index is 5.85. The summed E-state index contributed by atoms with van der Waals surface area (Å²) in [5, 5.41) is 1.17. The van der Waals surface area contributed by atoms with Gasteiger partial charge in [0.05, 0.1) is 29.2 Å². The van der Waals surface area contributed by atoms with Crippen LogP contribution in [0.5, 0.6) is 0 Å². The van der Waals surface area contributed by atoms with Crippen molar-refractivity contribution < 1.29 is 4.74 Å². The molecule has 0 spiro atoms. The van der Waals surface area contributed by atoms with Crippen LogP contribution < -0.4 is 0 Å². The van der Waals surface area contributed by atoms with Crippen molar-refractivity contribution >= 4 is 27.3 Å². The molecule has 1 saturated heterocycles. The topological polar surface area (TPSA) is 25.4 Å². The Morgan fingerprint density at radius 1 is 1.59 bits per heavy atom. The first-order valence-electron chi connectivity index (χ1n) is 5.89. The van der Waals surface area contributed by atoms with E-state index in [4.69, 9.17) is 4.74 Å². The molecule has 1 aliphatic heterocycles. The van der Waals surface area contributed by atoms with E-state index in [0.29, 0.717) is 6.10 Å². The van der Waals surface area contributed by atoms with Crippen LogP contribution in [0.1, 0.15) is 25.8 Å². The molecule has 0 bridgehead atoms. The van der Waals surface area contributed by atoms with E-state index in [1.54, 1.807) is 11.3 Å². The third-order valence-electron chi connectivity index (χ3n) is 3.00. The van der Waals surface area contributed by atoms with Crippen molar-refractivity contribution in [3.05, 3.63) is 15.0 Å². The van der Waals surface area contributed by atoms with Crippen molar-refractivity contribution in [3.8, 4) is 0 Å². The molecule has 0 unspecified atom stereocenters. The summed E-state index contributed by atoms with van der Waals surface area (Å²) in [5.74, 6) is 0. The Balaban J connectivity index is 1.94. The summed E-state index contributed by atoms with van der Waals surface area (Å²) >= 11 is 5.17. The highest BCUT2D eigenvalue weighted by atomic mass is 79.9. The van der Waals surface area contributed by atoms with Crippen LogP contribution in [0, 0.1) is 5.41 Å². The second-order valence-electron chi connectivity index (χ2n) is 5.52. The molecule has 0 radical (unpaired) electrons. The molecule has 0 saturated carbocycles. The van der Waals surface area contributed by atoms with Gasteiger partial charge in [0.2, 0.25) is 0 Å². The van der Waals surface area contributed by atoms with E-state index in [1.165, 1.54) is 5.01 Å². The zero-order chi connectivity index (χ0) is 12.5. The highest BCUT2D eigenvalue weighted by Gasteiger charge is 2.30. The van der Waals surface area contributed by atoms with E-state index >= 15 is 0 Å². The van der Waals surface area contributed by atoms with Crippen LogP contribution in [-0.4, -0.2) is 35.7 Å². The first-order valence-corrected chi connectivity index (χ1v) is 7.50. The summed E-state index contributed by atoms with van der Waals surface area (Å²) < 4.78 is 6.95. The maximum atomic E-state index is 5.85. The van der Waals surface area contributed by atoms with Crippen LogP contribution in [0.4, 0.5) is 0 Å². The number of morpholine rings is 1. The van der Waals surface area contributed by atoms with E-state index in [1.807, 2.05) is 6.20 Å². The lowest BCUT2D eigenvalue weighted by Gasteiger charge is -2.39. The van der Waals surface area contributed by atoms with Crippen LogP contribution >= 0.6 is 27.3 Å². The monoisotopic (exact) mass is 318 g/mol. The van der Waals surface area contributed by atoms with Crippen LogP contribution in [0.2, 0.25) is 0 Å². The Morgan fingerprint density at radius 2 is 2.35 bits per heavy atom. The van der Waals surface area contributed by atoms with Gasteiger partial charge in [-0.3, -0.25) is 4.90 Å². The van der Waals surface area contributed by atoms with Crippen molar-refractivity contribution in [2.75, 3.05) is 19.7 Å². The summed E-state index contributed by atoms with van der Waals surface area (Å²) in [5.41, 5.74) is 0.210. The van der Waals surface area contributed by atoms with Crippen LogP contribution in [0.25, 0.3) is 0 Å². The summed E-state index contributed by atoms with van der Waals surface area (Å²) in [7, 11) is 0. The quantitative estimate of drug-likeness (QED) is 0.837. The number of aromatic nitrogens is 1. The van der Waals surface area contributed by atoms with Crippen molar-refractivity contribution in [1.29, 1.82) is 0 Å². The zero-order valence-electron chi connectivity index (χ0n) is 10.6. The van der Waals surface area contributed by atoms with Crippen LogP contribution in [-0.2, 0) is 11.3 Å². The second-order valence-corrected chi connectivity index (χ2v) is 8.01. The fraction of sp³-hybridized carbons (Fsp3) is 0.750. The first-order chi connectivity index (χ1) is 7.95. The summed E-state index contributed by atoms with van der Waals surface area (Å²) in [6.45, 7) is 10.5. The number of thiazole rings is 1. The van der Waals surface area contributed by atoms with E-state index in [9.17, 15) is 0 Å². The predicted molar refractivity (Wildman–Crippen MR) is 74.3 cm³/mol. The fourth-order valence-corrected chi connectivity index (χ4v) is 3.27. The highest BCUT2D eigenvalue weighted by Crippen LogP contribution is 2.27. The molecular formula is C12H19BrN2OS. The lowest BCUT2D eigenvalue weighted by atomic mass is 9.88. The van der Waals surface area contributed by atoms with Crippen LogP contribution in [0.3, 0.4) is 0 Å². The van der Waals surface area contributed by atoms with E-state index in [-0.39, 0.29) is 5.41 Å². The van der Waals surface area contributed by atoms with Crippen LogP contribution in [0.15, 0.2) is 9.98 Å². The van der Waals surface area contributed by atoms with E-state index < -0.39 is 0 Å². The van der Waals surface area contributed by atoms with Gasteiger partial charge in [-0.25, -0.2) is 4.98 Å². The minimum absolute atomic E-state index is 0.210. The summed E-state index contributed by atoms with van der Waals surface area (Å²) in [6.07, 6.45) is 2.20. The van der Waals surface area contributed by atoms with Crippen molar-refractivity contribution in [3.63, 3.8) is 0 Å². The number of hydrogen-bond acceptors (Lipinski definition) is 4. The summed E-state index contributed by atoms with van der Waals surface area (Å²) in [4.78, 5) is 6.82. The minimum Gasteiger partial charge on any atom is -0.375 e. The molecule has 1 atom stereocenters. The molecule has 1 aromatic heterocycles. The van der Waals surface area contributed by atoms with Crippen molar-refractivity contribution in [2.24, 2.45) is 5.41 Å². The normalized spacial score (nSPS) is 22.9. The Labute approximate surface area is 115 Å². The third-order valence-corrected chi connectivity index (χ3v) is 4.46. The first kappa shape index (κ1) is 13.5. The van der Waals surface area contributed by atoms with Gasteiger partial charge in [0.25, 0.3) is 0 Å². The van der Waals surface area contributed by atoms with Gasteiger partial charge in [-0.1, -0.05) is 20.8 Å². The molecule has 2 heterocycles. The Bertz CT molecular complexity index is 375. The highest BCUT2D eigenvalue weighted by molar-refractivity contribution is 9.11. The molecule has 5 heteroatoms. The second kappa shape index (κ2) is 5.34. The Kier molecular flexibility index (Phi) is 4.23. The lowest BCUT2D eigenvalue weighted by molar-refractivity contribution is -0.0816. The molecule has 0 aromatic carbocycles. The molecule has 0 amide bonds. The molecular weight excluding hydrogens is 300 g/mol. The summed E-state index contributed by atoms with van der Waals surface area (Å²) in [6, 6.07) is 0. The number of rotatable bonds is 2. The zero-order valence-corrected chi connectivity index (χ0v) is 13.0. The SMILES string of the molecule is CC(C)(C)[C@H]1CN(Cc2ncc(Br)s2)CCO1. The van der Waals surface area contributed by atoms with Gasteiger partial charge in [-0.2, -0.15) is 0 Å². The minimum atomic E-state index is 0.210. The van der Waals surface area contributed by atoms with Gasteiger partial charge in [0, 0.05) is 13.1 Å². The molecule has 1 aromatic rings. The van der Waals surface area contributed by atoms with Gasteiger partial charge >= 0.3 is 0 Å². The van der Waals surface area contributed by atoms with Gasteiger partial charge in [-0.15, -0.1) is 11.3 Å². The molecule has 96 valence electrons. The third kappa shape index (κ3) is 3.74.